The van der Waals surface area contributed by atoms with Crippen molar-refractivity contribution >= 4 is 23.5 Å². The standard InChI is InChI=1S/C19H16F3N3O3/c1-2-19(11-3-5-12(20)6-4-11)17(27)25(18(28)24-19)10-16(26)23-13-7-8-14(21)15(22)9-13/h3-9H,2,10H2,1H3,(H,23,26)(H,24,28)/t19-/m0/s1. The van der Waals surface area contributed by atoms with Crippen LogP contribution in [-0.4, -0.2) is 29.3 Å². The largest absolute Gasteiger partial charge is 0.325 e. The number of urea groups is 1. The van der Waals surface area contributed by atoms with Gasteiger partial charge in [0.05, 0.1) is 0 Å². The van der Waals surface area contributed by atoms with E-state index in [9.17, 15) is 27.6 Å². The number of benzene rings is 2. The Morgan fingerprint density at radius 3 is 2.36 bits per heavy atom. The Balaban J connectivity index is 1.78. The van der Waals surface area contributed by atoms with Gasteiger partial charge in [0.1, 0.15) is 17.9 Å². The number of anilines is 1. The van der Waals surface area contributed by atoms with Crippen LogP contribution in [-0.2, 0) is 15.1 Å². The maximum atomic E-state index is 13.2. The first-order valence-corrected chi connectivity index (χ1v) is 8.42. The SMILES string of the molecule is CC[C@@]1(c2ccc(F)cc2)NC(=O)N(CC(=O)Nc2ccc(F)c(F)c2)C1=O. The Hall–Kier alpha value is -3.36. The summed E-state index contributed by atoms with van der Waals surface area (Å²) in [5.74, 6) is -4.13. The Morgan fingerprint density at radius 2 is 1.75 bits per heavy atom. The Morgan fingerprint density at radius 1 is 1.07 bits per heavy atom. The Labute approximate surface area is 158 Å². The lowest BCUT2D eigenvalue weighted by Gasteiger charge is -2.25. The number of carbonyl (C=O) groups excluding carboxylic acids is 3. The normalized spacial score (nSPS) is 18.9. The molecule has 1 aliphatic heterocycles. The second kappa shape index (κ2) is 7.34. The van der Waals surface area contributed by atoms with Gasteiger partial charge < -0.3 is 10.6 Å². The average molecular weight is 391 g/mol. The van der Waals surface area contributed by atoms with Gasteiger partial charge in [-0.05, 0) is 36.2 Å². The molecule has 2 aromatic rings. The Bertz CT molecular complexity index is 949. The molecule has 0 aliphatic carbocycles. The van der Waals surface area contributed by atoms with Crippen molar-refractivity contribution in [3.05, 3.63) is 65.5 Å². The minimum Gasteiger partial charge on any atom is -0.324 e. The summed E-state index contributed by atoms with van der Waals surface area (Å²) in [4.78, 5) is 38.1. The molecule has 3 rings (SSSR count). The molecule has 146 valence electrons. The van der Waals surface area contributed by atoms with Crippen molar-refractivity contribution in [2.45, 2.75) is 18.9 Å². The number of imide groups is 1. The van der Waals surface area contributed by atoms with Crippen LogP contribution in [0.25, 0.3) is 0 Å². The van der Waals surface area contributed by atoms with E-state index < -0.39 is 47.4 Å². The number of rotatable bonds is 5. The van der Waals surface area contributed by atoms with Gasteiger partial charge in [0.25, 0.3) is 5.91 Å². The number of amides is 4. The summed E-state index contributed by atoms with van der Waals surface area (Å²) < 4.78 is 39.4. The maximum absolute atomic E-state index is 13.2. The molecule has 0 bridgehead atoms. The lowest BCUT2D eigenvalue weighted by Crippen LogP contribution is -2.44. The van der Waals surface area contributed by atoms with Crippen molar-refractivity contribution in [2.24, 2.45) is 0 Å². The lowest BCUT2D eigenvalue weighted by atomic mass is 9.87. The summed E-state index contributed by atoms with van der Waals surface area (Å²) >= 11 is 0. The van der Waals surface area contributed by atoms with Gasteiger partial charge in [0.2, 0.25) is 5.91 Å². The topological polar surface area (TPSA) is 78.5 Å². The third-order valence-corrected chi connectivity index (χ3v) is 4.55. The van der Waals surface area contributed by atoms with Crippen molar-refractivity contribution in [1.82, 2.24) is 10.2 Å². The number of hydrogen-bond acceptors (Lipinski definition) is 3. The smallest absolute Gasteiger partial charge is 0.324 e. The number of nitrogens with zero attached hydrogens (tertiary/aromatic N) is 1. The van der Waals surface area contributed by atoms with Crippen molar-refractivity contribution in [2.75, 3.05) is 11.9 Å². The van der Waals surface area contributed by atoms with Crippen LogP contribution in [0.2, 0.25) is 0 Å². The lowest BCUT2D eigenvalue weighted by molar-refractivity contribution is -0.134. The van der Waals surface area contributed by atoms with Gasteiger partial charge in [-0.1, -0.05) is 19.1 Å². The molecule has 2 N–H and O–H groups in total. The van der Waals surface area contributed by atoms with E-state index in [0.717, 1.165) is 23.1 Å². The van der Waals surface area contributed by atoms with E-state index in [0.29, 0.717) is 5.56 Å². The summed E-state index contributed by atoms with van der Waals surface area (Å²) in [7, 11) is 0. The summed E-state index contributed by atoms with van der Waals surface area (Å²) in [5, 5.41) is 4.87. The minimum absolute atomic E-state index is 0.0174. The van der Waals surface area contributed by atoms with E-state index in [1.54, 1.807) is 6.92 Å². The van der Waals surface area contributed by atoms with Gasteiger partial charge in [-0.2, -0.15) is 0 Å². The van der Waals surface area contributed by atoms with Crippen LogP contribution in [0.4, 0.5) is 23.7 Å². The van der Waals surface area contributed by atoms with Crippen molar-refractivity contribution in [3.63, 3.8) is 0 Å². The second-order valence-corrected chi connectivity index (χ2v) is 6.26. The molecule has 1 atom stereocenters. The van der Waals surface area contributed by atoms with Crippen LogP contribution in [0.1, 0.15) is 18.9 Å². The zero-order valence-electron chi connectivity index (χ0n) is 14.8. The molecule has 1 aliphatic rings. The predicted molar refractivity (Wildman–Crippen MR) is 93.6 cm³/mol. The maximum Gasteiger partial charge on any atom is 0.325 e. The number of carbonyl (C=O) groups is 3. The van der Waals surface area contributed by atoms with Gasteiger partial charge in [0, 0.05) is 11.8 Å². The number of hydrogen-bond donors (Lipinski definition) is 2. The zero-order valence-corrected chi connectivity index (χ0v) is 14.8. The number of nitrogens with one attached hydrogen (secondary N) is 2. The summed E-state index contributed by atoms with van der Waals surface area (Å²) in [5.41, 5.74) is -1.04. The molecule has 6 nitrogen and oxygen atoms in total. The molecule has 1 heterocycles. The van der Waals surface area contributed by atoms with Gasteiger partial charge in [-0.25, -0.2) is 18.0 Å². The molecular weight excluding hydrogens is 375 g/mol. The fourth-order valence-corrected chi connectivity index (χ4v) is 3.06. The van der Waals surface area contributed by atoms with Gasteiger partial charge in [-0.3, -0.25) is 14.5 Å². The third-order valence-electron chi connectivity index (χ3n) is 4.55. The molecule has 0 spiro atoms. The minimum atomic E-state index is -1.41. The summed E-state index contributed by atoms with van der Waals surface area (Å²) in [6, 6.07) is 7.12. The quantitative estimate of drug-likeness (QED) is 0.770. The van der Waals surface area contributed by atoms with Gasteiger partial charge >= 0.3 is 6.03 Å². The van der Waals surface area contributed by atoms with E-state index in [4.69, 9.17) is 0 Å². The monoisotopic (exact) mass is 391 g/mol. The molecular formula is C19H16F3N3O3. The van der Waals surface area contributed by atoms with Crippen LogP contribution in [0.3, 0.4) is 0 Å². The average Bonchev–Trinajstić information content (AvgIpc) is 2.90. The summed E-state index contributed by atoms with van der Waals surface area (Å²) in [6.45, 7) is 1.05. The second-order valence-electron chi connectivity index (χ2n) is 6.26. The van der Waals surface area contributed by atoms with Crippen LogP contribution >= 0.6 is 0 Å². The molecule has 0 saturated carbocycles. The molecule has 9 heteroatoms. The van der Waals surface area contributed by atoms with Gasteiger partial charge in [-0.15, -0.1) is 0 Å². The molecule has 0 radical (unpaired) electrons. The van der Waals surface area contributed by atoms with Crippen LogP contribution < -0.4 is 10.6 Å². The molecule has 4 amide bonds. The van der Waals surface area contributed by atoms with Crippen molar-refractivity contribution in [3.8, 4) is 0 Å². The molecule has 1 fully saturated rings. The highest BCUT2D eigenvalue weighted by Crippen LogP contribution is 2.32. The van der Waals surface area contributed by atoms with E-state index >= 15 is 0 Å². The first kappa shape index (κ1) is 19.4. The van der Waals surface area contributed by atoms with Crippen molar-refractivity contribution in [1.29, 1.82) is 0 Å². The highest BCUT2D eigenvalue weighted by Gasteiger charge is 2.51. The number of halogens is 3. The first-order chi connectivity index (χ1) is 13.3. The molecule has 0 unspecified atom stereocenters. The Kier molecular flexibility index (Phi) is 5.08. The van der Waals surface area contributed by atoms with Crippen molar-refractivity contribution < 1.29 is 27.6 Å². The summed E-state index contributed by atoms with van der Waals surface area (Å²) in [6.07, 6.45) is 0.185. The highest BCUT2D eigenvalue weighted by atomic mass is 19.2. The fourth-order valence-electron chi connectivity index (χ4n) is 3.06. The van der Waals surface area contributed by atoms with E-state index in [1.807, 2.05) is 0 Å². The van der Waals surface area contributed by atoms with E-state index in [-0.39, 0.29) is 12.1 Å². The van der Waals surface area contributed by atoms with Crippen LogP contribution in [0.5, 0.6) is 0 Å². The fraction of sp³-hybridized carbons (Fsp3) is 0.211. The van der Waals surface area contributed by atoms with Gasteiger partial charge in [0.15, 0.2) is 11.6 Å². The molecule has 28 heavy (non-hydrogen) atoms. The first-order valence-electron chi connectivity index (χ1n) is 8.42. The predicted octanol–water partition coefficient (Wildman–Crippen LogP) is 2.90. The molecule has 2 aromatic carbocycles. The molecule has 1 saturated heterocycles. The van der Waals surface area contributed by atoms with Crippen LogP contribution in [0, 0.1) is 17.5 Å². The highest BCUT2D eigenvalue weighted by molar-refractivity contribution is 6.10. The van der Waals surface area contributed by atoms with Crippen LogP contribution in [0.15, 0.2) is 42.5 Å². The third kappa shape index (κ3) is 3.42. The van der Waals surface area contributed by atoms with E-state index in [2.05, 4.69) is 10.6 Å². The van der Waals surface area contributed by atoms with E-state index in [1.165, 1.54) is 24.3 Å². The zero-order chi connectivity index (χ0) is 20.5. The molecule has 0 aromatic heterocycles.